The Balaban J connectivity index is 1.83. The zero-order valence-corrected chi connectivity index (χ0v) is 11.0. The number of carbonyl (C=O) groups excluding carboxylic acids is 1. The van der Waals surface area contributed by atoms with Crippen LogP contribution in [0.5, 0.6) is 0 Å². The summed E-state index contributed by atoms with van der Waals surface area (Å²) in [5, 5.41) is 15.7. The van der Waals surface area contributed by atoms with E-state index in [2.05, 4.69) is 10.5 Å². The molecule has 5 nitrogen and oxygen atoms in total. The van der Waals surface area contributed by atoms with Crippen molar-refractivity contribution in [3.63, 3.8) is 0 Å². The van der Waals surface area contributed by atoms with Crippen molar-refractivity contribution < 1.29 is 14.4 Å². The predicted octanol–water partition coefficient (Wildman–Crippen LogP) is 1.11. The second-order valence-corrected chi connectivity index (χ2v) is 5.23. The molecule has 5 heteroatoms. The summed E-state index contributed by atoms with van der Waals surface area (Å²) in [7, 11) is 0. The molecule has 1 fully saturated rings. The van der Waals surface area contributed by atoms with E-state index in [1.807, 2.05) is 13.8 Å². The zero-order chi connectivity index (χ0) is 13.2. The summed E-state index contributed by atoms with van der Waals surface area (Å²) in [5.41, 5.74) is 1.81. The normalized spacial score (nSPS) is 16.6. The minimum Gasteiger partial charge on any atom is -0.396 e. The first-order valence-electron chi connectivity index (χ1n) is 6.36. The lowest BCUT2D eigenvalue weighted by Gasteiger charge is -2.14. The van der Waals surface area contributed by atoms with Crippen LogP contribution >= 0.6 is 0 Å². The highest BCUT2D eigenvalue weighted by atomic mass is 16.5. The number of aliphatic hydroxyl groups excluding tert-OH is 1. The number of amides is 1. The fourth-order valence-electron chi connectivity index (χ4n) is 2.19. The standard InChI is InChI=1S/C13H20N2O3/c1-9-11(10(2)18-15-9)7-12(17)14-8-13(3-4-13)5-6-16/h16H,3-8H2,1-2H3,(H,14,17). The minimum atomic E-state index is -0.00591. The smallest absolute Gasteiger partial charge is 0.224 e. The van der Waals surface area contributed by atoms with E-state index in [0.29, 0.717) is 18.7 Å². The van der Waals surface area contributed by atoms with Crippen LogP contribution in [0.2, 0.25) is 0 Å². The predicted molar refractivity (Wildman–Crippen MR) is 66.1 cm³/mol. The molecule has 0 spiro atoms. The van der Waals surface area contributed by atoms with E-state index in [-0.39, 0.29) is 17.9 Å². The van der Waals surface area contributed by atoms with Crippen molar-refractivity contribution in [2.75, 3.05) is 13.2 Å². The Hall–Kier alpha value is -1.36. The van der Waals surface area contributed by atoms with Gasteiger partial charge in [-0.1, -0.05) is 5.16 Å². The van der Waals surface area contributed by atoms with Gasteiger partial charge in [0.2, 0.25) is 5.91 Å². The van der Waals surface area contributed by atoms with E-state index >= 15 is 0 Å². The Kier molecular flexibility index (Phi) is 3.71. The highest BCUT2D eigenvalue weighted by molar-refractivity contribution is 5.79. The van der Waals surface area contributed by atoms with E-state index in [4.69, 9.17) is 9.63 Å². The lowest BCUT2D eigenvalue weighted by Crippen LogP contribution is -2.32. The molecule has 1 aliphatic rings. The molecule has 0 saturated heterocycles. The van der Waals surface area contributed by atoms with Gasteiger partial charge in [-0.3, -0.25) is 4.79 Å². The number of aryl methyl sites for hydroxylation is 2. The molecule has 18 heavy (non-hydrogen) atoms. The van der Waals surface area contributed by atoms with Crippen molar-refractivity contribution in [3.8, 4) is 0 Å². The van der Waals surface area contributed by atoms with Crippen LogP contribution < -0.4 is 5.32 Å². The number of carbonyl (C=O) groups is 1. The monoisotopic (exact) mass is 252 g/mol. The summed E-state index contributed by atoms with van der Waals surface area (Å²) in [6, 6.07) is 0. The number of hydrogen-bond acceptors (Lipinski definition) is 4. The number of nitrogens with zero attached hydrogens (tertiary/aromatic N) is 1. The van der Waals surface area contributed by atoms with Crippen LogP contribution in [0.3, 0.4) is 0 Å². The third kappa shape index (κ3) is 2.90. The van der Waals surface area contributed by atoms with Gasteiger partial charge in [-0.05, 0) is 38.5 Å². The largest absolute Gasteiger partial charge is 0.396 e. The van der Waals surface area contributed by atoms with Gasteiger partial charge in [-0.25, -0.2) is 0 Å². The molecule has 1 amide bonds. The Morgan fingerprint density at radius 2 is 2.22 bits per heavy atom. The SMILES string of the molecule is Cc1noc(C)c1CC(=O)NCC1(CCO)CC1. The maximum atomic E-state index is 11.9. The van der Waals surface area contributed by atoms with Crippen LogP contribution in [-0.4, -0.2) is 29.3 Å². The first kappa shape index (κ1) is 13.1. The lowest BCUT2D eigenvalue weighted by atomic mass is 10.0. The topological polar surface area (TPSA) is 75.4 Å². The third-order valence-electron chi connectivity index (χ3n) is 3.78. The molecule has 0 radical (unpaired) electrons. The molecule has 0 aliphatic heterocycles. The van der Waals surface area contributed by atoms with Crippen molar-refractivity contribution in [3.05, 3.63) is 17.0 Å². The van der Waals surface area contributed by atoms with Crippen LogP contribution in [0, 0.1) is 19.3 Å². The van der Waals surface area contributed by atoms with Gasteiger partial charge in [0.1, 0.15) is 5.76 Å². The summed E-state index contributed by atoms with van der Waals surface area (Å²) in [5.74, 6) is 0.702. The van der Waals surface area contributed by atoms with Gasteiger partial charge < -0.3 is 14.9 Å². The van der Waals surface area contributed by atoms with Crippen LogP contribution in [0.15, 0.2) is 4.52 Å². The van der Waals surface area contributed by atoms with Gasteiger partial charge in [0.15, 0.2) is 0 Å². The molecule has 1 aromatic heterocycles. The Bertz CT molecular complexity index is 416. The van der Waals surface area contributed by atoms with Crippen LogP contribution in [0.4, 0.5) is 0 Å². The van der Waals surface area contributed by atoms with Gasteiger partial charge in [0.25, 0.3) is 0 Å². The molecular weight excluding hydrogens is 232 g/mol. The molecule has 0 aromatic carbocycles. The first-order valence-corrected chi connectivity index (χ1v) is 6.36. The van der Waals surface area contributed by atoms with Crippen molar-refractivity contribution in [1.82, 2.24) is 10.5 Å². The van der Waals surface area contributed by atoms with Gasteiger partial charge in [0, 0.05) is 18.7 Å². The number of hydrogen-bond donors (Lipinski definition) is 2. The van der Waals surface area contributed by atoms with Gasteiger partial charge in [-0.15, -0.1) is 0 Å². The highest BCUT2D eigenvalue weighted by Gasteiger charge is 2.41. The Labute approximate surface area is 107 Å². The molecule has 0 bridgehead atoms. The summed E-state index contributed by atoms with van der Waals surface area (Å²) in [6.07, 6.45) is 3.29. The van der Waals surface area contributed by atoms with E-state index in [9.17, 15) is 4.79 Å². The molecule has 100 valence electrons. The molecule has 2 rings (SSSR count). The van der Waals surface area contributed by atoms with Crippen LogP contribution in [0.1, 0.15) is 36.3 Å². The van der Waals surface area contributed by atoms with E-state index < -0.39 is 0 Å². The molecule has 0 atom stereocenters. The van der Waals surface area contributed by atoms with Crippen molar-refractivity contribution in [1.29, 1.82) is 0 Å². The molecule has 1 saturated carbocycles. The molecular formula is C13H20N2O3. The van der Waals surface area contributed by atoms with E-state index in [1.165, 1.54) is 0 Å². The quantitative estimate of drug-likeness (QED) is 0.795. The average Bonchev–Trinajstić information content (AvgIpc) is 3.04. The van der Waals surface area contributed by atoms with E-state index in [1.54, 1.807) is 0 Å². The Morgan fingerprint density at radius 3 is 2.72 bits per heavy atom. The van der Waals surface area contributed by atoms with Crippen molar-refractivity contribution in [2.24, 2.45) is 5.41 Å². The van der Waals surface area contributed by atoms with Crippen molar-refractivity contribution in [2.45, 2.75) is 39.5 Å². The molecule has 1 heterocycles. The second kappa shape index (κ2) is 5.10. The van der Waals surface area contributed by atoms with E-state index in [0.717, 1.165) is 30.5 Å². The summed E-state index contributed by atoms with van der Waals surface area (Å²) in [4.78, 5) is 11.9. The fourth-order valence-corrected chi connectivity index (χ4v) is 2.19. The number of aromatic nitrogens is 1. The second-order valence-electron chi connectivity index (χ2n) is 5.23. The number of nitrogens with one attached hydrogen (secondary N) is 1. The van der Waals surface area contributed by atoms with Crippen LogP contribution in [-0.2, 0) is 11.2 Å². The van der Waals surface area contributed by atoms with Gasteiger partial charge in [0.05, 0.1) is 12.1 Å². The maximum Gasteiger partial charge on any atom is 0.224 e. The minimum absolute atomic E-state index is 0.00591. The molecule has 1 aromatic rings. The molecule has 1 aliphatic carbocycles. The number of rotatable bonds is 6. The van der Waals surface area contributed by atoms with Crippen molar-refractivity contribution >= 4 is 5.91 Å². The summed E-state index contributed by atoms with van der Waals surface area (Å²) in [6.45, 7) is 4.51. The summed E-state index contributed by atoms with van der Waals surface area (Å²) < 4.78 is 5.03. The highest BCUT2D eigenvalue weighted by Crippen LogP contribution is 2.47. The fraction of sp³-hybridized carbons (Fsp3) is 0.692. The van der Waals surface area contributed by atoms with Gasteiger partial charge >= 0.3 is 0 Å². The molecule has 2 N–H and O–H groups in total. The zero-order valence-electron chi connectivity index (χ0n) is 11.0. The number of aliphatic hydroxyl groups is 1. The van der Waals surface area contributed by atoms with Gasteiger partial charge in [-0.2, -0.15) is 0 Å². The lowest BCUT2D eigenvalue weighted by molar-refractivity contribution is -0.120. The third-order valence-corrected chi connectivity index (χ3v) is 3.78. The Morgan fingerprint density at radius 1 is 1.50 bits per heavy atom. The first-order chi connectivity index (χ1) is 8.56. The average molecular weight is 252 g/mol. The summed E-state index contributed by atoms with van der Waals surface area (Å²) >= 11 is 0. The maximum absolute atomic E-state index is 11.9. The molecule has 0 unspecified atom stereocenters. The van der Waals surface area contributed by atoms with Crippen LogP contribution in [0.25, 0.3) is 0 Å².